The Morgan fingerprint density at radius 3 is 2.83 bits per heavy atom. The van der Waals surface area contributed by atoms with E-state index in [1.807, 2.05) is 19.9 Å². The Bertz CT molecular complexity index is 1060. The highest BCUT2D eigenvalue weighted by atomic mass is 32.1. The van der Waals surface area contributed by atoms with Gasteiger partial charge in [-0.05, 0) is 19.9 Å². The number of amides is 1. The van der Waals surface area contributed by atoms with Crippen LogP contribution in [0.3, 0.4) is 0 Å². The SMILES string of the molecule is COc1c(NC[C@@H](C)OC)cc(C(=O)Nc2nnc(-n3nccc3C)s2)oc1=O. The minimum absolute atomic E-state index is 0.0304. The Morgan fingerprint density at radius 2 is 2.17 bits per heavy atom. The number of nitrogens with one attached hydrogen (secondary N) is 2. The lowest BCUT2D eigenvalue weighted by molar-refractivity contribution is 0.0991. The van der Waals surface area contributed by atoms with Crippen molar-refractivity contribution in [2.24, 2.45) is 0 Å². The van der Waals surface area contributed by atoms with E-state index in [0.717, 1.165) is 17.0 Å². The molecule has 2 N–H and O–H groups in total. The van der Waals surface area contributed by atoms with Gasteiger partial charge in [0.2, 0.25) is 16.0 Å². The van der Waals surface area contributed by atoms with Crippen molar-refractivity contribution >= 4 is 28.1 Å². The average molecular weight is 420 g/mol. The third kappa shape index (κ3) is 4.60. The first kappa shape index (κ1) is 20.5. The second-order valence-corrected chi connectivity index (χ2v) is 6.96. The van der Waals surface area contributed by atoms with Gasteiger partial charge in [0.25, 0.3) is 5.91 Å². The van der Waals surface area contributed by atoms with Gasteiger partial charge in [0.15, 0.2) is 5.76 Å². The van der Waals surface area contributed by atoms with E-state index in [2.05, 4.69) is 25.9 Å². The number of aryl methyl sites for hydroxylation is 1. The lowest BCUT2D eigenvalue weighted by Crippen LogP contribution is -2.21. The molecule has 0 aliphatic carbocycles. The van der Waals surface area contributed by atoms with E-state index in [0.29, 0.717) is 17.4 Å². The lowest BCUT2D eigenvalue weighted by atomic mass is 10.3. The molecule has 0 bridgehead atoms. The lowest BCUT2D eigenvalue weighted by Gasteiger charge is -2.14. The molecule has 0 radical (unpaired) electrons. The molecule has 11 nitrogen and oxygen atoms in total. The average Bonchev–Trinajstić information content (AvgIpc) is 3.34. The topological polar surface area (TPSA) is 133 Å². The van der Waals surface area contributed by atoms with E-state index in [1.54, 1.807) is 18.0 Å². The molecule has 3 aromatic heterocycles. The molecule has 3 heterocycles. The summed E-state index contributed by atoms with van der Waals surface area (Å²) in [7, 11) is 2.92. The van der Waals surface area contributed by atoms with Crippen LogP contribution in [0.25, 0.3) is 5.13 Å². The second kappa shape index (κ2) is 8.84. The summed E-state index contributed by atoms with van der Waals surface area (Å²) in [4.78, 5) is 24.7. The van der Waals surface area contributed by atoms with Crippen molar-refractivity contribution in [1.29, 1.82) is 0 Å². The number of anilines is 2. The summed E-state index contributed by atoms with van der Waals surface area (Å²) < 4.78 is 16.9. The molecule has 154 valence electrons. The summed E-state index contributed by atoms with van der Waals surface area (Å²) in [6.07, 6.45) is 1.52. The van der Waals surface area contributed by atoms with Crippen LogP contribution in [-0.4, -0.2) is 52.8 Å². The molecule has 0 spiro atoms. The van der Waals surface area contributed by atoms with Gasteiger partial charge in [-0.3, -0.25) is 10.1 Å². The molecule has 1 atom stereocenters. The van der Waals surface area contributed by atoms with Crippen LogP contribution in [0.2, 0.25) is 0 Å². The fourth-order valence-electron chi connectivity index (χ4n) is 2.34. The van der Waals surface area contributed by atoms with Crippen LogP contribution in [0.15, 0.2) is 27.5 Å². The van der Waals surface area contributed by atoms with Gasteiger partial charge in [-0.15, -0.1) is 10.2 Å². The van der Waals surface area contributed by atoms with Crippen molar-refractivity contribution in [2.45, 2.75) is 20.0 Å². The van der Waals surface area contributed by atoms with Gasteiger partial charge in [-0.1, -0.05) is 11.3 Å². The van der Waals surface area contributed by atoms with Crippen LogP contribution in [0.1, 0.15) is 23.2 Å². The van der Waals surface area contributed by atoms with Gasteiger partial charge in [-0.25, -0.2) is 9.48 Å². The fraction of sp³-hybridized carbons (Fsp3) is 0.353. The third-order valence-electron chi connectivity index (χ3n) is 3.97. The van der Waals surface area contributed by atoms with Gasteiger partial charge in [0.05, 0.1) is 18.9 Å². The van der Waals surface area contributed by atoms with Crippen molar-refractivity contribution in [3.63, 3.8) is 0 Å². The zero-order valence-electron chi connectivity index (χ0n) is 16.3. The smallest absolute Gasteiger partial charge is 0.381 e. The number of carbonyl (C=O) groups excluding carboxylic acids is 1. The van der Waals surface area contributed by atoms with Crippen LogP contribution in [0.4, 0.5) is 10.8 Å². The van der Waals surface area contributed by atoms with E-state index in [4.69, 9.17) is 13.9 Å². The van der Waals surface area contributed by atoms with Gasteiger partial charge < -0.3 is 19.2 Å². The zero-order chi connectivity index (χ0) is 21.0. The highest BCUT2D eigenvalue weighted by Gasteiger charge is 2.19. The van der Waals surface area contributed by atoms with Crippen LogP contribution in [0.5, 0.6) is 5.75 Å². The highest BCUT2D eigenvalue weighted by Crippen LogP contribution is 2.23. The number of nitrogens with zero attached hydrogens (tertiary/aromatic N) is 4. The number of carbonyl (C=O) groups is 1. The second-order valence-electron chi connectivity index (χ2n) is 6.00. The molecule has 0 aliphatic rings. The minimum atomic E-state index is -0.780. The maximum absolute atomic E-state index is 12.6. The summed E-state index contributed by atoms with van der Waals surface area (Å²) in [5.74, 6) is -0.875. The number of methoxy groups -OCH3 is 2. The van der Waals surface area contributed by atoms with Gasteiger partial charge in [0, 0.05) is 31.6 Å². The highest BCUT2D eigenvalue weighted by molar-refractivity contribution is 7.17. The van der Waals surface area contributed by atoms with Crippen molar-refractivity contribution in [3.05, 3.63) is 40.2 Å². The maximum atomic E-state index is 12.6. The molecule has 0 aromatic carbocycles. The van der Waals surface area contributed by atoms with Gasteiger partial charge >= 0.3 is 5.63 Å². The van der Waals surface area contributed by atoms with E-state index >= 15 is 0 Å². The molecule has 0 unspecified atom stereocenters. The van der Waals surface area contributed by atoms with Gasteiger partial charge in [0.1, 0.15) is 0 Å². The molecule has 3 rings (SSSR count). The molecule has 29 heavy (non-hydrogen) atoms. The quantitative estimate of drug-likeness (QED) is 0.558. The fourth-order valence-corrected chi connectivity index (χ4v) is 3.09. The third-order valence-corrected chi connectivity index (χ3v) is 4.78. The Hall–Kier alpha value is -3.25. The molecular weight excluding hydrogens is 400 g/mol. The van der Waals surface area contributed by atoms with Crippen LogP contribution < -0.4 is 21.0 Å². The first-order valence-electron chi connectivity index (χ1n) is 8.57. The number of rotatable bonds is 8. The predicted molar refractivity (Wildman–Crippen MR) is 106 cm³/mol. The maximum Gasteiger partial charge on any atom is 0.381 e. The Kier molecular flexibility index (Phi) is 6.24. The van der Waals surface area contributed by atoms with E-state index < -0.39 is 11.5 Å². The first-order chi connectivity index (χ1) is 13.9. The zero-order valence-corrected chi connectivity index (χ0v) is 17.1. The number of hydrogen-bond acceptors (Lipinski definition) is 10. The molecule has 0 saturated carbocycles. The molecule has 0 fully saturated rings. The Balaban J connectivity index is 1.80. The van der Waals surface area contributed by atoms with Crippen molar-refractivity contribution < 1.29 is 18.7 Å². The number of aromatic nitrogens is 4. The summed E-state index contributed by atoms with van der Waals surface area (Å²) in [6, 6.07) is 3.21. The van der Waals surface area contributed by atoms with E-state index in [1.165, 1.54) is 13.2 Å². The van der Waals surface area contributed by atoms with Crippen molar-refractivity contribution in [1.82, 2.24) is 20.0 Å². The summed E-state index contributed by atoms with van der Waals surface area (Å²) >= 11 is 1.13. The predicted octanol–water partition coefficient (Wildman–Crippen LogP) is 1.69. The molecule has 12 heteroatoms. The van der Waals surface area contributed by atoms with Crippen LogP contribution >= 0.6 is 11.3 Å². The van der Waals surface area contributed by atoms with E-state index in [-0.39, 0.29) is 22.7 Å². The summed E-state index contributed by atoms with van der Waals surface area (Å²) in [5.41, 5.74) is 0.418. The Labute approximate surface area is 169 Å². The molecule has 0 aliphatic heterocycles. The summed E-state index contributed by atoms with van der Waals surface area (Å²) in [6.45, 7) is 4.13. The molecular formula is C17H20N6O5S. The number of hydrogen-bond donors (Lipinski definition) is 2. The van der Waals surface area contributed by atoms with Crippen molar-refractivity contribution in [2.75, 3.05) is 31.4 Å². The summed E-state index contributed by atoms with van der Waals surface area (Å²) in [5, 5.41) is 18.4. The van der Waals surface area contributed by atoms with Crippen molar-refractivity contribution in [3.8, 4) is 10.9 Å². The Morgan fingerprint density at radius 1 is 1.38 bits per heavy atom. The van der Waals surface area contributed by atoms with Crippen LogP contribution in [0, 0.1) is 6.92 Å². The van der Waals surface area contributed by atoms with E-state index in [9.17, 15) is 9.59 Å². The number of ether oxygens (including phenoxy) is 2. The van der Waals surface area contributed by atoms with Crippen LogP contribution in [-0.2, 0) is 4.74 Å². The largest absolute Gasteiger partial charge is 0.488 e. The van der Waals surface area contributed by atoms with Gasteiger partial charge in [-0.2, -0.15) is 5.10 Å². The normalized spacial score (nSPS) is 11.9. The molecule has 1 amide bonds. The first-order valence-corrected chi connectivity index (χ1v) is 9.39. The standard InChI is InChI=1S/C17H20N6O5S/c1-9-5-6-19-23(9)17-22-21-16(29-17)20-14(24)12-7-11(18-8-10(2)26-3)13(27-4)15(25)28-12/h5-7,10,18H,8H2,1-4H3,(H,20,21,24)/t10-/m1/s1. The molecule has 0 saturated heterocycles. The minimum Gasteiger partial charge on any atom is -0.488 e. The molecule has 3 aromatic rings. The monoisotopic (exact) mass is 420 g/mol.